The van der Waals surface area contributed by atoms with E-state index >= 15 is 0 Å². The van der Waals surface area contributed by atoms with E-state index in [0.717, 1.165) is 36.6 Å². The second kappa shape index (κ2) is 7.55. The van der Waals surface area contributed by atoms with Crippen molar-refractivity contribution in [3.8, 4) is 0 Å². The molecule has 1 aliphatic heterocycles. The molecule has 0 aliphatic carbocycles. The molecule has 23 heavy (non-hydrogen) atoms. The monoisotopic (exact) mass is 349 g/mol. The predicted octanol–water partition coefficient (Wildman–Crippen LogP) is 3.25. The number of amides is 1. The Morgan fingerprint density at radius 3 is 3.00 bits per heavy atom. The third-order valence-electron chi connectivity index (χ3n) is 4.47. The predicted molar refractivity (Wildman–Crippen MR) is 96.0 cm³/mol. The van der Waals surface area contributed by atoms with E-state index in [-0.39, 0.29) is 11.8 Å². The van der Waals surface area contributed by atoms with Gasteiger partial charge in [0.05, 0.1) is 23.7 Å². The van der Waals surface area contributed by atoms with Crippen LogP contribution in [-0.4, -0.2) is 35.4 Å². The van der Waals surface area contributed by atoms with Crippen molar-refractivity contribution in [2.45, 2.75) is 32.7 Å². The maximum atomic E-state index is 13.1. The van der Waals surface area contributed by atoms with Gasteiger partial charge >= 0.3 is 0 Å². The minimum Gasteiger partial charge on any atom is -0.337 e. The number of hydrogen-bond donors (Lipinski definition) is 1. The van der Waals surface area contributed by atoms with Gasteiger partial charge in [0.1, 0.15) is 0 Å². The lowest BCUT2D eigenvalue weighted by molar-refractivity contribution is -0.133. The number of aryl methyl sites for hydroxylation is 1. The van der Waals surface area contributed by atoms with Crippen LogP contribution in [0.25, 0.3) is 0 Å². The molecule has 1 aliphatic rings. The molecule has 2 aromatic rings. The fourth-order valence-corrected chi connectivity index (χ4v) is 4.57. The summed E-state index contributed by atoms with van der Waals surface area (Å²) in [7, 11) is 0. The number of thiophene rings is 1. The SMILES string of the molecule is Cc1ncsc1CN(C[C@H]1CCNC1)C(=O)[C@H](C)c1cccs1. The quantitative estimate of drug-likeness (QED) is 0.871. The first kappa shape index (κ1) is 16.6. The molecule has 124 valence electrons. The molecule has 0 radical (unpaired) electrons. The molecule has 1 N–H and O–H groups in total. The summed E-state index contributed by atoms with van der Waals surface area (Å²) < 4.78 is 0. The van der Waals surface area contributed by atoms with Crippen molar-refractivity contribution in [2.75, 3.05) is 19.6 Å². The van der Waals surface area contributed by atoms with Crippen molar-refractivity contribution in [3.05, 3.63) is 38.5 Å². The molecule has 6 heteroatoms. The summed E-state index contributed by atoms with van der Waals surface area (Å²) in [5.41, 5.74) is 2.91. The maximum Gasteiger partial charge on any atom is 0.231 e. The Hall–Kier alpha value is -1.24. The first-order valence-electron chi connectivity index (χ1n) is 8.07. The number of nitrogens with zero attached hydrogens (tertiary/aromatic N) is 2. The van der Waals surface area contributed by atoms with Crippen LogP contribution in [0.5, 0.6) is 0 Å². The summed E-state index contributed by atoms with van der Waals surface area (Å²) in [6.45, 7) is 7.63. The summed E-state index contributed by atoms with van der Waals surface area (Å²) in [4.78, 5) is 21.8. The highest BCUT2D eigenvalue weighted by atomic mass is 32.1. The zero-order chi connectivity index (χ0) is 16.2. The van der Waals surface area contributed by atoms with E-state index in [4.69, 9.17) is 0 Å². The summed E-state index contributed by atoms with van der Waals surface area (Å²) in [5, 5.41) is 5.44. The fraction of sp³-hybridized carbons (Fsp3) is 0.529. The zero-order valence-electron chi connectivity index (χ0n) is 13.6. The summed E-state index contributed by atoms with van der Waals surface area (Å²) in [6.07, 6.45) is 1.15. The molecule has 1 saturated heterocycles. The van der Waals surface area contributed by atoms with E-state index in [2.05, 4.69) is 16.4 Å². The van der Waals surface area contributed by atoms with Crippen LogP contribution in [0.15, 0.2) is 23.0 Å². The molecule has 1 fully saturated rings. The van der Waals surface area contributed by atoms with Crippen LogP contribution in [0.2, 0.25) is 0 Å². The average Bonchev–Trinajstić information content (AvgIpc) is 3.28. The van der Waals surface area contributed by atoms with E-state index in [9.17, 15) is 4.79 Å². The molecule has 3 heterocycles. The van der Waals surface area contributed by atoms with E-state index in [1.165, 1.54) is 4.88 Å². The maximum absolute atomic E-state index is 13.1. The lowest BCUT2D eigenvalue weighted by Gasteiger charge is -2.27. The lowest BCUT2D eigenvalue weighted by atomic mass is 10.0. The molecule has 2 aromatic heterocycles. The zero-order valence-corrected chi connectivity index (χ0v) is 15.3. The van der Waals surface area contributed by atoms with Gasteiger partial charge < -0.3 is 10.2 Å². The van der Waals surface area contributed by atoms with Crippen LogP contribution >= 0.6 is 22.7 Å². The molecule has 0 unspecified atom stereocenters. The Labute approximate surface area is 145 Å². The van der Waals surface area contributed by atoms with Gasteiger partial charge in [0.25, 0.3) is 0 Å². The molecule has 3 rings (SSSR count). The number of thiazole rings is 1. The normalized spacial score (nSPS) is 19.0. The largest absolute Gasteiger partial charge is 0.337 e. The van der Waals surface area contributed by atoms with E-state index < -0.39 is 0 Å². The number of hydrogen-bond acceptors (Lipinski definition) is 5. The minimum atomic E-state index is -0.0717. The van der Waals surface area contributed by atoms with Crippen molar-refractivity contribution in [1.29, 1.82) is 0 Å². The van der Waals surface area contributed by atoms with Gasteiger partial charge in [-0.2, -0.15) is 0 Å². The molecule has 1 amide bonds. The lowest BCUT2D eigenvalue weighted by Crippen LogP contribution is -2.37. The first-order chi connectivity index (χ1) is 11.1. The van der Waals surface area contributed by atoms with Crippen LogP contribution in [0.3, 0.4) is 0 Å². The highest BCUT2D eigenvalue weighted by Gasteiger charge is 2.27. The van der Waals surface area contributed by atoms with Gasteiger partial charge in [-0.3, -0.25) is 4.79 Å². The Morgan fingerprint density at radius 1 is 1.52 bits per heavy atom. The second-order valence-corrected chi connectivity index (χ2v) is 8.09. The third kappa shape index (κ3) is 4.00. The van der Waals surface area contributed by atoms with Gasteiger partial charge in [0.2, 0.25) is 5.91 Å². The van der Waals surface area contributed by atoms with Crippen molar-refractivity contribution in [3.63, 3.8) is 0 Å². The van der Waals surface area contributed by atoms with Gasteiger partial charge in [0, 0.05) is 16.3 Å². The molecule has 2 atom stereocenters. The molecule has 0 aromatic carbocycles. The van der Waals surface area contributed by atoms with Crippen molar-refractivity contribution >= 4 is 28.6 Å². The van der Waals surface area contributed by atoms with Gasteiger partial charge in [-0.1, -0.05) is 6.07 Å². The Bertz CT molecular complexity index is 632. The highest BCUT2D eigenvalue weighted by molar-refractivity contribution is 7.10. The van der Waals surface area contributed by atoms with E-state index in [1.807, 2.05) is 35.7 Å². The second-order valence-electron chi connectivity index (χ2n) is 6.18. The van der Waals surface area contributed by atoms with Crippen molar-refractivity contribution in [1.82, 2.24) is 15.2 Å². The standard InChI is InChI=1S/C17H23N3OS2/c1-12(15-4-3-7-22-15)17(21)20(9-14-5-6-18-8-14)10-16-13(2)19-11-23-16/h3-4,7,11-12,14,18H,5-6,8-10H2,1-2H3/t12-,14+/m1/s1. The third-order valence-corrected chi connectivity index (χ3v) is 6.45. The highest BCUT2D eigenvalue weighted by Crippen LogP contribution is 2.26. The van der Waals surface area contributed by atoms with Crippen LogP contribution in [0.1, 0.15) is 34.7 Å². The smallest absolute Gasteiger partial charge is 0.231 e. The van der Waals surface area contributed by atoms with Crippen molar-refractivity contribution in [2.24, 2.45) is 5.92 Å². The number of carbonyl (C=O) groups excluding carboxylic acids is 1. The average molecular weight is 350 g/mol. The number of nitrogens with one attached hydrogen (secondary N) is 1. The number of carbonyl (C=O) groups is 1. The fourth-order valence-electron chi connectivity index (χ4n) is 3.00. The van der Waals surface area contributed by atoms with Crippen LogP contribution in [0, 0.1) is 12.8 Å². The van der Waals surface area contributed by atoms with Gasteiger partial charge in [0.15, 0.2) is 0 Å². The molecule has 0 spiro atoms. The number of rotatable bonds is 6. The van der Waals surface area contributed by atoms with Gasteiger partial charge in [-0.05, 0) is 50.7 Å². The van der Waals surface area contributed by atoms with Crippen LogP contribution < -0.4 is 5.32 Å². The summed E-state index contributed by atoms with van der Waals surface area (Å²) >= 11 is 3.31. The molecular weight excluding hydrogens is 326 g/mol. The minimum absolute atomic E-state index is 0.0717. The molecule has 4 nitrogen and oxygen atoms in total. The van der Waals surface area contributed by atoms with Crippen LogP contribution in [0.4, 0.5) is 0 Å². The van der Waals surface area contributed by atoms with Crippen molar-refractivity contribution < 1.29 is 4.79 Å². The summed E-state index contributed by atoms with van der Waals surface area (Å²) in [6, 6.07) is 4.07. The molecule has 0 bridgehead atoms. The topological polar surface area (TPSA) is 45.2 Å². The summed E-state index contributed by atoms with van der Waals surface area (Å²) in [5.74, 6) is 0.715. The molecular formula is C17H23N3OS2. The molecule has 0 saturated carbocycles. The number of aromatic nitrogens is 1. The van der Waals surface area contributed by atoms with E-state index in [0.29, 0.717) is 12.5 Å². The first-order valence-corrected chi connectivity index (χ1v) is 9.83. The Kier molecular flexibility index (Phi) is 5.46. The van der Waals surface area contributed by atoms with Gasteiger partial charge in [-0.15, -0.1) is 22.7 Å². The van der Waals surface area contributed by atoms with Gasteiger partial charge in [-0.25, -0.2) is 4.98 Å². The van der Waals surface area contributed by atoms with Crippen LogP contribution in [-0.2, 0) is 11.3 Å². The Balaban J connectivity index is 1.75. The Morgan fingerprint density at radius 2 is 2.39 bits per heavy atom. The van der Waals surface area contributed by atoms with E-state index in [1.54, 1.807) is 22.7 Å².